The SMILES string of the molecule is CCC(NC(=O)OCC1c2ccccc2-c2ccccc21)C(=O)Nc1cccc(CCC(=O)O)c1. The second-order valence-electron chi connectivity index (χ2n) is 8.51. The summed E-state index contributed by atoms with van der Waals surface area (Å²) in [7, 11) is 0. The van der Waals surface area contributed by atoms with Gasteiger partial charge in [-0.25, -0.2) is 4.79 Å². The number of fused-ring (bicyclic) bond motifs is 3. The van der Waals surface area contributed by atoms with E-state index >= 15 is 0 Å². The molecule has 0 bridgehead atoms. The van der Waals surface area contributed by atoms with Gasteiger partial charge in [-0.15, -0.1) is 0 Å². The van der Waals surface area contributed by atoms with E-state index in [2.05, 4.69) is 22.8 Å². The second-order valence-corrected chi connectivity index (χ2v) is 8.51. The fraction of sp³-hybridized carbons (Fsp3) is 0.250. The maximum absolute atomic E-state index is 12.8. The molecule has 1 atom stereocenters. The van der Waals surface area contributed by atoms with Crippen LogP contribution in [0.2, 0.25) is 0 Å². The number of carboxylic acid groups (broad SMARTS) is 1. The summed E-state index contributed by atoms with van der Waals surface area (Å²) >= 11 is 0. The van der Waals surface area contributed by atoms with Gasteiger partial charge in [-0.1, -0.05) is 67.6 Å². The summed E-state index contributed by atoms with van der Waals surface area (Å²) < 4.78 is 5.56. The summed E-state index contributed by atoms with van der Waals surface area (Å²) in [5, 5.41) is 14.3. The molecule has 7 nitrogen and oxygen atoms in total. The molecule has 0 spiro atoms. The molecule has 3 aromatic rings. The van der Waals surface area contributed by atoms with E-state index in [0.29, 0.717) is 18.5 Å². The Morgan fingerprint density at radius 1 is 0.943 bits per heavy atom. The minimum Gasteiger partial charge on any atom is -0.481 e. The van der Waals surface area contributed by atoms with Crippen LogP contribution in [0.15, 0.2) is 72.8 Å². The molecule has 0 radical (unpaired) electrons. The van der Waals surface area contributed by atoms with Crippen LogP contribution < -0.4 is 10.6 Å². The van der Waals surface area contributed by atoms with Crippen LogP contribution in [0.5, 0.6) is 0 Å². The van der Waals surface area contributed by atoms with Gasteiger partial charge in [-0.3, -0.25) is 9.59 Å². The lowest BCUT2D eigenvalue weighted by Crippen LogP contribution is -2.43. The minimum absolute atomic E-state index is 0.0122. The molecular formula is C28H28N2O5. The van der Waals surface area contributed by atoms with Crippen molar-refractivity contribution in [2.45, 2.75) is 38.1 Å². The predicted molar refractivity (Wildman–Crippen MR) is 133 cm³/mol. The lowest BCUT2D eigenvalue weighted by molar-refractivity contribution is -0.137. The third kappa shape index (κ3) is 5.69. The van der Waals surface area contributed by atoms with Crippen molar-refractivity contribution in [3.05, 3.63) is 89.5 Å². The van der Waals surface area contributed by atoms with E-state index in [9.17, 15) is 14.4 Å². The van der Waals surface area contributed by atoms with Crippen LogP contribution in [0.3, 0.4) is 0 Å². The Morgan fingerprint density at radius 2 is 1.60 bits per heavy atom. The highest BCUT2D eigenvalue weighted by atomic mass is 16.5. The van der Waals surface area contributed by atoms with Gasteiger partial charge in [0, 0.05) is 18.0 Å². The summed E-state index contributed by atoms with van der Waals surface area (Å²) in [4.78, 5) is 36.2. The van der Waals surface area contributed by atoms with Crippen LogP contribution >= 0.6 is 0 Å². The molecule has 0 aliphatic heterocycles. The molecule has 0 saturated heterocycles. The number of carbonyl (C=O) groups excluding carboxylic acids is 2. The quantitative estimate of drug-likeness (QED) is 0.408. The van der Waals surface area contributed by atoms with Crippen molar-refractivity contribution in [1.82, 2.24) is 5.32 Å². The number of amides is 2. The normalized spacial score (nSPS) is 12.8. The lowest BCUT2D eigenvalue weighted by atomic mass is 9.98. The Labute approximate surface area is 204 Å². The number of ether oxygens (including phenoxy) is 1. The van der Waals surface area contributed by atoms with Gasteiger partial charge in [0.1, 0.15) is 12.6 Å². The summed E-state index contributed by atoms with van der Waals surface area (Å²) in [6.45, 7) is 1.97. The van der Waals surface area contributed by atoms with Gasteiger partial charge < -0.3 is 20.5 Å². The van der Waals surface area contributed by atoms with Gasteiger partial charge in [0.25, 0.3) is 0 Å². The number of aliphatic carboxylic acids is 1. The number of anilines is 1. The largest absolute Gasteiger partial charge is 0.481 e. The monoisotopic (exact) mass is 472 g/mol. The van der Waals surface area contributed by atoms with Crippen molar-refractivity contribution < 1.29 is 24.2 Å². The number of carbonyl (C=O) groups is 3. The lowest BCUT2D eigenvalue weighted by Gasteiger charge is -2.19. The number of nitrogens with one attached hydrogen (secondary N) is 2. The van der Waals surface area contributed by atoms with Crippen molar-refractivity contribution >= 4 is 23.7 Å². The first kappa shape index (κ1) is 24.0. The molecular weight excluding hydrogens is 444 g/mol. The van der Waals surface area contributed by atoms with Gasteiger partial charge in [0.15, 0.2) is 0 Å². The molecule has 2 amide bonds. The smallest absolute Gasteiger partial charge is 0.407 e. The van der Waals surface area contributed by atoms with Crippen molar-refractivity contribution in [2.24, 2.45) is 0 Å². The third-order valence-electron chi connectivity index (χ3n) is 6.18. The first-order chi connectivity index (χ1) is 17.0. The fourth-order valence-electron chi connectivity index (χ4n) is 4.42. The van der Waals surface area contributed by atoms with Crippen LogP contribution in [-0.2, 0) is 20.7 Å². The van der Waals surface area contributed by atoms with Crippen molar-refractivity contribution in [1.29, 1.82) is 0 Å². The number of aryl methyl sites for hydroxylation is 1. The number of hydrogen-bond donors (Lipinski definition) is 3. The maximum atomic E-state index is 12.8. The van der Waals surface area contributed by atoms with Crippen molar-refractivity contribution in [3.63, 3.8) is 0 Å². The summed E-state index contributed by atoms with van der Waals surface area (Å²) in [5.74, 6) is -1.30. The number of benzene rings is 3. The van der Waals surface area contributed by atoms with Gasteiger partial charge in [-0.05, 0) is 52.8 Å². The Morgan fingerprint density at radius 3 is 2.23 bits per heavy atom. The van der Waals surface area contributed by atoms with E-state index < -0.39 is 18.1 Å². The van der Waals surface area contributed by atoms with E-state index in [1.807, 2.05) is 42.5 Å². The average molecular weight is 473 g/mol. The van der Waals surface area contributed by atoms with Gasteiger partial charge in [-0.2, -0.15) is 0 Å². The van der Waals surface area contributed by atoms with Gasteiger partial charge >= 0.3 is 12.1 Å². The summed E-state index contributed by atoms with van der Waals surface area (Å²) in [6.07, 6.45) is 0.116. The third-order valence-corrected chi connectivity index (χ3v) is 6.18. The predicted octanol–water partition coefficient (Wildman–Crippen LogP) is 4.96. The van der Waals surface area contributed by atoms with Crippen LogP contribution in [0.4, 0.5) is 10.5 Å². The molecule has 0 saturated carbocycles. The number of alkyl carbamates (subject to hydrolysis) is 1. The van der Waals surface area contributed by atoms with Crippen LogP contribution in [-0.4, -0.2) is 35.7 Å². The maximum Gasteiger partial charge on any atom is 0.407 e. The van der Waals surface area contributed by atoms with E-state index in [-0.39, 0.29) is 24.9 Å². The topological polar surface area (TPSA) is 105 Å². The van der Waals surface area contributed by atoms with Crippen LogP contribution in [0.1, 0.15) is 42.4 Å². The molecule has 3 aromatic carbocycles. The minimum atomic E-state index is -0.877. The van der Waals surface area contributed by atoms with E-state index in [1.165, 1.54) is 0 Å². The van der Waals surface area contributed by atoms with Crippen LogP contribution in [0, 0.1) is 0 Å². The molecule has 1 aliphatic carbocycles. The number of hydrogen-bond acceptors (Lipinski definition) is 4. The summed E-state index contributed by atoms with van der Waals surface area (Å²) in [6, 6.07) is 22.5. The van der Waals surface area contributed by atoms with E-state index in [0.717, 1.165) is 27.8 Å². The molecule has 4 rings (SSSR count). The molecule has 1 unspecified atom stereocenters. The molecule has 180 valence electrons. The molecule has 7 heteroatoms. The zero-order chi connectivity index (χ0) is 24.8. The molecule has 0 heterocycles. The highest BCUT2D eigenvalue weighted by molar-refractivity contribution is 5.96. The molecule has 0 aromatic heterocycles. The molecule has 0 fully saturated rings. The Bertz CT molecular complexity index is 1190. The molecule has 1 aliphatic rings. The highest BCUT2D eigenvalue weighted by Gasteiger charge is 2.29. The average Bonchev–Trinajstić information content (AvgIpc) is 3.18. The van der Waals surface area contributed by atoms with Crippen molar-refractivity contribution in [2.75, 3.05) is 11.9 Å². The second kappa shape index (κ2) is 10.9. The zero-order valence-electron chi connectivity index (χ0n) is 19.5. The van der Waals surface area contributed by atoms with Crippen LogP contribution in [0.25, 0.3) is 11.1 Å². The van der Waals surface area contributed by atoms with Gasteiger partial charge in [0.2, 0.25) is 5.91 Å². The number of rotatable bonds is 9. The first-order valence-corrected chi connectivity index (χ1v) is 11.7. The standard InChI is InChI=1S/C28H28N2O5/c1-2-25(27(33)29-19-9-7-8-18(16-19)14-15-26(31)32)30-28(34)35-17-24-22-12-5-3-10-20(22)21-11-4-6-13-23(21)24/h3-13,16,24-25H,2,14-15,17H2,1H3,(H,29,33)(H,30,34)(H,31,32). The fourth-order valence-corrected chi connectivity index (χ4v) is 4.42. The Balaban J connectivity index is 1.35. The zero-order valence-corrected chi connectivity index (χ0v) is 19.5. The Hall–Kier alpha value is -4.13. The van der Waals surface area contributed by atoms with Gasteiger partial charge in [0.05, 0.1) is 0 Å². The number of carboxylic acids is 1. The van der Waals surface area contributed by atoms with E-state index in [4.69, 9.17) is 9.84 Å². The summed E-state index contributed by atoms with van der Waals surface area (Å²) in [5.41, 5.74) is 5.89. The first-order valence-electron chi connectivity index (χ1n) is 11.7. The van der Waals surface area contributed by atoms with E-state index in [1.54, 1.807) is 25.1 Å². The molecule has 35 heavy (non-hydrogen) atoms. The molecule has 3 N–H and O–H groups in total. The van der Waals surface area contributed by atoms with Crippen molar-refractivity contribution in [3.8, 4) is 11.1 Å². The highest BCUT2D eigenvalue weighted by Crippen LogP contribution is 2.44. The Kier molecular flexibility index (Phi) is 7.45.